The van der Waals surface area contributed by atoms with E-state index in [1.54, 1.807) is 6.92 Å². The molecule has 0 saturated carbocycles. The van der Waals surface area contributed by atoms with Crippen LogP contribution in [-0.2, 0) is 12.5 Å². The van der Waals surface area contributed by atoms with Crippen LogP contribution in [0.4, 0.5) is 22.0 Å². The van der Waals surface area contributed by atoms with Crippen LogP contribution in [0.25, 0.3) is 10.8 Å². The Bertz CT molecular complexity index is 980. The minimum Gasteiger partial charge on any atom is -0.429 e. The van der Waals surface area contributed by atoms with Gasteiger partial charge in [-0.3, -0.25) is 0 Å². The monoisotopic (exact) mass is 400 g/mol. The smallest absolute Gasteiger partial charge is 0.429 e. The first-order chi connectivity index (χ1) is 12.7. The maximum Gasteiger partial charge on any atom is 0.432 e. The summed E-state index contributed by atoms with van der Waals surface area (Å²) in [6.45, 7) is 1.80. The van der Waals surface area contributed by atoms with E-state index in [9.17, 15) is 22.0 Å². The van der Waals surface area contributed by atoms with Crippen molar-refractivity contribution in [3.05, 3.63) is 76.1 Å². The number of rotatable bonds is 5. The Hall–Kier alpha value is -2.34. The van der Waals surface area contributed by atoms with Crippen molar-refractivity contribution < 1.29 is 26.7 Å². The minimum atomic E-state index is -4.25. The zero-order valence-corrected chi connectivity index (χ0v) is 14.9. The molecule has 7 heteroatoms. The third kappa shape index (κ3) is 3.86. The van der Waals surface area contributed by atoms with E-state index in [1.165, 1.54) is 18.2 Å². The molecule has 0 saturated heterocycles. The molecule has 0 aliphatic heterocycles. The third-order valence-corrected chi connectivity index (χ3v) is 4.35. The summed E-state index contributed by atoms with van der Waals surface area (Å²) in [5.41, 5.74) is -1.19. The number of fused-ring (bicyclic) bond motifs is 1. The Morgan fingerprint density at radius 2 is 1.63 bits per heavy atom. The van der Waals surface area contributed by atoms with Crippen molar-refractivity contribution in [1.82, 2.24) is 0 Å². The molecule has 0 unspecified atom stereocenters. The summed E-state index contributed by atoms with van der Waals surface area (Å²) in [4.78, 5) is 0. The van der Waals surface area contributed by atoms with Gasteiger partial charge in [0.25, 0.3) is 0 Å². The summed E-state index contributed by atoms with van der Waals surface area (Å²) in [5.74, 6) is -3.84. The molecule has 142 valence electrons. The van der Waals surface area contributed by atoms with Gasteiger partial charge in [-0.05, 0) is 53.8 Å². The highest BCUT2D eigenvalue weighted by Crippen LogP contribution is 2.37. The molecule has 0 radical (unpaired) electrons. The molecule has 0 spiro atoms. The van der Waals surface area contributed by atoms with Crippen LogP contribution in [0.5, 0.6) is 5.75 Å². The molecule has 0 N–H and O–H groups in total. The van der Waals surface area contributed by atoms with Crippen LogP contribution < -0.4 is 4.74 Å². The maximum atomic E-state index is 14.4. The number of ether oxygens (including phenoxy) is 1. The van der Waals surface area contributed by atoms with Gasteiger partial charge in [0.1, 0.15) is 28.8 Å². The first-order valence-electron chi connectivity index (χ1n) is 8.16. The topological polar surface area (TPSA) is 9.23 Å². The largest absolute Gasteiger partial charge is 0.432 e. The number of halogens is 6. The van der Waals surface area contributed by atoms with Crippen molar-refractivity contribution in [3.8, 4) is 5.75 Å². The molecule has 3 aromatic rings. The van der Waals surface area contributed by atoms with Crippen molar-refractivity contribution in [2.45, 2.75) is 25.9 Å². The average molecular weight is 401 g/mol. The van der Waals surface area contributed by atoms with Crippen LogP contribution >= 0.6 is 11.6 Å². The Kier molecular flexibility index (Phi) is 5.29. The van der Waals surface area contributed by atoms with Crippen molar-refractivity contribution in [3.63, 3.8) is 0 Å². The summed E-state index contributed by atoms with van der Waals surface area (Å²) in [6, 6.07) is 7.87. The molecule has 0 amide bonds. The lowest BCUT2D eigenvalue weighted by molar-refractivity contribution is -0.189. The second-order valence-electron chi connectivity index (χ2n) is 6.05. The second kappa shape index (κ2) is 7.35. The van der Waals surface area contributed by atoms with Crippen LogP contribution in [0.15, 0.2) is 42.5 Å². The van der Waals surface area contributed by atoms with Gasteiger partial charge in [-0.1, -0.05) is 31.0 Å². The van der Waals surface area contributed by atoms with Gasteiger partial charge in [-0.2, -0.15) is 8.78 Å². The summed E-state index contributed by atoms with van der Waals surface area (Å²) < 4.78 is 75.6. The molecule has 0 atom stereocenters. The number of aryl methyl sites for hydroxylation is 1. The molecule has 27 heavy (non-hydrogen) atoms. The fourth-order valence-corrected chi connectivity index (χ4v) is 3.01. The number of benzene rings is 3. The quantitative estimate of drug-likeness (QED) is 0.419. The summed E-state index contributed by atoms with van der Waals surface area (Å²) in [7, 11) is 0. The van der Waals surface area contributed by atoms with Crippen molar-refractivity contribution in [1.29, 1.82) is 0 Å². The molecule has 3 aromatic carbocycles. The molecule has 0 aliphatic rings. The van der Waals surface area contributed by atoms with E-state index in [-0.39, 0.29) is 27.1 Å². The maximum absolute atomic E-state index is 14.4. The normalized spacial score (nSPS) is 11.8. The molecule has 0 aliphatic carbocycles. The van der Waals surface area contributed by atoms with Gasteiger partial charge in [0.15, 0.2) is 0 Å². The van der Waals surface area contributed by atoms with E-state index in [4.69, 9.17) is 11.6 Å². The van der Waals surface area contributed by atoms with Gasteiger partial charge < -0.3 is 4.74 Å². The molecule has 1 nitrogen and oxygen atoms in total. The molecule has 0 heterocycles. The van der Waals surface area contributed by atoms with Gasteiger partial charge >= 0.3 is 6.11 Å². The van der Waals surface area contributed by atoms with Gasteiger partial charge in [0.2, 0.25) is 0 Å². The molecule has 0 aromatic heterocycles. The van der Waals surface area contributed by atoms with E-state index in [0.29, 0.717) is 12.8 Å². The van der Waals surface area contributed by atoms with Gasteiger partial charge in [-0.15, -0.1) is 0 Å². The Morgan fingerprint density at radius 3 is 2.26 bits per heavy atom. The number of hydrogen-bond donors (Lipinski definition) is 0. The summed E-state index contributed by atoms with van der Waals surface area (Å²) >= 11 is 5.67. The first kappa shape index (κ1) is 19.4. The zero-order valence-electron chi connectivity index (χ0n) is 14.1. The van der Waals surface area contributed by atoms with E-state index >= 15 is 0 Å². The van der Waals surface area contributed by atoms with Gasteiger partial charge in [0, 0.05) is 5.39 Å². The van der Waals surface area contributed by atoms with Crippen molar-refractivity contribution in [2.24, 2.45) is 0 Å². The fraction of sp³-hybridized carbons (Fsp3) is 0.200. The van der Waals surface area contributed by atoms with Crippen LogP contribution in [0, 0.1) is 17.5 Å². The molecule has 0 fully saturated rings. The van der Waals surface area contributed by atoms with Crippen molar-refractivity contribution >= 4 is 22.4 Å². The zero-order chi connectivity index (χ0) is 19.8. The lowest BCUT2D eigenvalue weighted by Gasteiger charge is -2.20. The minimum absolute atomic E-state index is 0.111. The van der Waals surface area contributed by atoms with Crippen LogP contribution in [0.2, 0.25) is 5.02 Å². The Balaban J connectivity index is 1.97. The molecule has 0 bridgehead atoms. The second-order valence-corrected chi connectivity index (χ2v) is 6.45. The van der Waals surface area contributed by atoms with Gasteiger partial charge in [-0.25, -0.2) is 13.2 Å². The summed E-state index contributed by atoms with van der Waals surface area (Å²) in [6.07, 6.45) is -3.28. The Morgan fingerprint density at radius 1 is 0.963 bits per heavy atom. The standard InChI is InChI=1S/C20H14ClF5O/c1-2-3-11-8-16(22)18(17(23)9-11)20(25,26)27-13-5-6-14-12(10-13)4-7-15(21)19(14)24/h4-10H,2-3H2,1H3. The predicted octanol–water partition coefficient (Wildman–Crippen LogP) is 6.99. The van der Waals surface area contributed by atoms with Gasteiger partial charge in [0.05, 0.1) is 5.02 Å². The van der Waals surface area contributed by atoms with Crippen LogP contribution in [-0.4, -0.2) is 0 Å². The average Bonchev–Trinajstić information content (AvgIpc) is 2.57. The number of alkyl halides is 2. The molecular weight excluding hydrogens is 387 g/mol. The number of hydrogen-bond acceptors (Lipinski definition) is 1. The van der Waals surface area contributed by atoms with E-state index < -0.39 is 29.1 Å². The fourth-order valence-electron chi connectivity index (χ4n) is 2.84. The van der Waals surface area contributed by atoms with Crippen molar-refractivity contribution in [2.75, 3.05) is 0 Å². The first-order valence-corrected chi connectivity index (χ1v) is 8.53. The third-order valence-electron chi connectivity index (χ3n) is 4.06. The van der Waals surface area contributed by atoms with E-state index in [0.717, 1.165) is 24.3 Å². The molecule has 3 rings (SSSR count). The highest BCUT2D eigenvalue weighted by atomic mass is 35.5. The van der Waals surface area contributed by atoms with Crippen LogP contribution in [0.1, 0.15) is 24.5 Å². The van der Waals surface area contributed by atoms with Crippen LogP contribution in [0.3, 0.4) is 0 Å². The lowest BCUT2D eigenvalue weighted by atomic mass is 10.1. The van der Waals surface area contributed by atoms with E-state index in [2.05, 4.69) is 4.74 Å². The SMILES string of the molecule is CCCc1cc(F)c(C(F)(F)Oc2ccc3c(F)c(Cl)ccc3c2)c(F)c1. The highest BCUT2D eigenvalue weighted by Gasteiger charge is 2.41. The van der Waals surface area contributed by atoms with E-state index in [1.807, 2.05) is 0 Å². The molecular formula is C20H14ClF5O. The Labute approximate surface area is 157 Å². The summed E-state index contributed by atoms with van der Waals surface area (Å²) in [5, 5.41) is 0.252. The highest BCUT2D eigenvalue weighted by molar-refractivity contribution is 6.31. The predicted molar refractivity (Wildman–Crippen MR) is 93.8 cm³/mol. The lowest BCUT2D eigenvalue weighted by Crippen LogP contribution is -2.25.